The Morgan fingerprint density at radius 2 is 0.897 bits per heavy atom. The number of rotatable bonds is 13. The Labute approximate surface area is 235 Å². The van der Waals surface area contributed by atoms with Gasteiger partial charge in [0.1, 0.15) is 18.3 Å². The zero-order valence-electron chi connectivity index (χ0n) is 21.8. The Hall–Kier alpha value is -2.97. The number of benzene rings is 4. The van der Waals surface area contributed by atoms with Gasteiger partial charge < -0.3 is 23.1 Å². The smallest absolute Gasteiger partial charge is 0.158 e. The van der Waals surface area contributed by atoms with Crippen molar-refractivity contribution in [2.75, 3.05) is 6.61 Å². The summed E-state index contributed by atoms with van der Waals surface area (Å²) in [6.07, 6.45) is -1.10. The van der Waals surface area contributed by atoms with Crippen LogP contribution in [0.2, 0.25) is 0 Å². The van der Waals surface area contributed by atoms with Crippen molar-refractivity contribution >= 4 is 12.0 Å². The first kappa shape index (κ1) is 27.6. The lowest BCUT2D eigenvalue weighted by Gasteiger charge is -2.41. The summed E-state index contributed by atoms with van der Waals surface area (Å²) < 4.78 is 31.8. The van der Waals surface area contributed by atoms with Crippen LogP contribution < -0.4 is 0 Å². The second-order valence-electron chi connectivity index (χ2n) is 9.42. The molecular weight excluding hydrogens is 508 g/mol. The number of ether oxygens (including phenoxy) is 4. The summed E-state index contributed by atoms with van der Waals surface area (Å²) in [6, 6.07) is 40.6. The van der Waals surface area contributed by atoms with Crippen molar-refractivity contribution in [3.63, 3.8) is 0 Å². The molecule has 1 heterocycles. The van der Waals surface area contributed by atoms with Gasteiger partial charge in [0, 0.05) is 12.0 Å². The van der Waals surface area contributed by atoms with Gasteiger partial charge in [0.05, 0.1) is 33.0 Å². The largest absolute Gasteiger partial charge is 0.374 e. The van der Waals surface area contributed by atoms with Crippen molar-refractivity contribution in [1.82, 2.24) is 0 Å². The molecule has 39 heavy (non-hydrogen) atoms. The van der Waals surface area contributed by atoms with Crippen LogP contribution in [0.25, 0.3) is 0 Å². The Morgan fingerprint density at radius 3 is 1.38 bits per heavy atom. The van der Waals surface area contributed by atoms with Crippen LogP contribution in [-0.2, 0) is 49.6 Å². The highest BCUT2D eigenvalue weighted by molar-refractivity contribution is 7.95. The van der Waals surface area contributed by atoms with Gasteiger partial charge in [-0.15, -0.1) is 0 Å². The van der Waals surface area contributed by atoms with Crippen LogP contribution in [-0.4, -0.2) is 30.4 Å². The lowest BCUT2D eigenvalue weighted by atomic mass is 10.1. The van der Waals surface area contributed by atoms with Crippen molar-refractivity contribution in [2.24, 2.45) is 0 Å². The predicted octanol–water partition coefficient (Wildman–Crippen LogP) is 6.96. The highest BCUT2D eigenvalue weighted by atomic mass is 32.2. The molecule has 1 fully saturated rings. The molecule has 0 aromatic heterocycles. The van der Waals surface area contributed by atoms with Gasteiger partial charge in [-0.2, -0.15) is 0 Å². The molecule has 0 bridgehead atoms. The first-order chi connectivity index (χ1) is 19.3. The van der Waals surface area contributed by atoms with Crippen LogP contribution in [0.1, 0.15) is 22.3 Å². The van der Waals surface area contributed by atoms with Gasteiger partial charge in [0.2, 0.25) is 0 Å². The molecule has 0 radical (unpaired) electrons. The quantitative estimate of drug-likeness (QED) is 0.170. The summed E-state index contributed by atoms with van der Waals surface area (Å²) in [5.41, 5.74) is 4.01. The van der Waals surface area contributed by atoms with Crippen molar-refractivity contribution < 1.29 is 23.1 Å². The van der Waals surface area contributed by atoms with E-state index in [0.29, 0.717) is 33.0 Å². The van der Waals surface area contributed by atoms with Crippen molar-refractivity contribution in [3.05, 3.63) is 144 Å². The zero-order valence-corrected chi connectivity index (χ0v) is 22.7. The fraction of sp³-hybridized carbons (Fsp3) is 0.273. The van der Waals surface area contributed by atoms with E-state index >= 15 is 0 Å². The van der Waals surface area contributed by atoms with Crippen LogP contribution in [0.15, 0.2) is 121 Å². The zero-order chi connectivity index (χ0) is 26.5. The highest BCUT2D eigenvalue weighted by Crippen LogP contribution is 2.35. The topological polar surface area (TPSA) is 46.2 Å². The van der Waals surface area contributed by atoms with Gasteiger partial charge in [0.15, 0.2) is 5.44 Å². The SMILES string of the molecule is c1ccc(COCC2OSC(OCc3ccccc3)C(OCc3ccccc3)[C@@H]2OCc2ccccc2)cc1. The Kier molecular flexibility index (Phi) is 10.6. The maximum absolute atomic E-state index is 6.56. The van der Waals surface area contributed by atoms with E-state index < -0.39 is 6.10 Å². The van der Waals surface area contributed by atoms with E-state index in [-0.39, 0.29) is 17.6 Å². The molecule has 1 saturated heterocycles. The fourth-order valence-corrected chi connectivity index (χ4v) is 5.26. The van der Waals surface area contributed by atoms with Crippen LogP contribution in [0.5, 0.6) is 0 Å². The monoisotopic (exact) mass is 542 g/mol. The molecule has 3 unspecified atom stereocenters. The van der Waals surface area contributed by atoms with E-state index in [2.05, 4.69) is 48.5 Å². The van der Waals surface area contributed by atoms with Gasteiger partial charge in [-0.1, -0.05) is 121 Å². The molecule has 6 heteroatoms. The van der Waals surface area contributed by atoms with Crippen LogP contribution >= 0.6 is 12.0 Å². The van der Waals surface area contributed by atoms with Crippen molar-refractivity contribution in [2.45, 2.75) is 50.2 Å². The lowest BCUT2D eigenvalue weighted by molar-refractivity contribution is -0.176. The minimum absolute atomic E-state index is 0.334. The van der Waals surface area contributed by atoms with E-state index in [1.165, 1.54) is 12.0 Å². The summed E-state index contributed by atoms with van der Waals surface area (Å²) in [6.45, 7) is 2.21. The molecule has 1 aliphatic heterocycles. The second-order valence-corrected chi connectivity index (χ2v) is 10.3. The van der Waals surface area contributed by atoms with E-state index in [4.69, 9.17) is 23.1 Å². The average molecular weight is 543 g/mol. The van der Waals surface area contributed by atoms with Crippen LogP contribution in [0.3, 0.4) is 0 Å². The summed E-state index contributed by atoms with van der Waals surface area (Å²) >= 11 is 1.30. The molecule has 0 amide bonds. The predicted molar refractivity (Wildman–Crippen MR) is 154 cm³/mol. The standard InChI is InChI=1S/C33H34O5S/c1-5-13-26(14-6-1)21-34-25-30-31(35-22-27-15-7-2-8-16-27)32(36-23-28-17-9-3-10-18-28)33(39-38-30)37-24-29-19-11-4-12-20-29/h1-20,30-33H,21-25H2/t30?,31-,32?,33?/m1/s1. The molecule has 1 aliphatic rings. The summed E-state index contributed by atoms with van der Waals surface area (Å²) in [4.78, 5) is 0. The van der Waals surface area contributed by atoms with Crippen molar-refractivity contribution in [3.8, 4) is 0 Å². The molecule has 0 spiro atoms. The number of hydrogen-bond donors (Lipinski definition) is 0. The van der Waals surface area contributed by atoms with Gasteiger partial charge in [-0.3, -0.25) is 0 Å². The minimum atomic E-state index is -0.397. The molecule has 0 aliphatic carbocycles. The third kappa shape index (κ3) is 8.51. The first-order valence-electron chi connectivity index (χ1n) is 13.3. The van der Waals surface area contributed by atoms with Gasteiger partial charge in [-0.05, 0) is 22.3 Å². The molecule has 4 atom stereocenters. The van der Waals surface area contributed by atoms with Gasteiger partial charge >= 0.3 is 0 Å². The van der Waals surface area contributed by atoms with Crippen molar-refractivity contribution in [1.29, 1.82) is 0 Å². The van der Waals surface area contributed by atoms with Crippen LogP contribution in [0, 0.1) is 0 Å². The minimum Gasteiger partial charge on any atom is -0.374 e. The fourth-order valence-electron chi connectivity index (χ4n) is 4.38. The maximum Gasteiger partial charge on any atom is 0.158 e. The third-order valence-corrected chi connectivity index (χ3v) is 7.41. The highest BCUT2D eigenvalue weighted by Gasteiger charge is 2.44. The molecule has 5 nitrogen and oxygen atoms in total. The van der Waals surface area contributed by atoms with E-state index in [1.807, 2.05) is 72.8 Å². The molecule has 0 saturated carbocycles. The lowest BCUT2D eigenvalue weighted by Crippen LogP contribution is -2.53. The van der Waals surface area contributed by atoms with E-state index in [0.717, 1.165) is 22.3 Å². The summed E-state index contributed by atoms with van der Waals surface area (Å²) in [5, 5.41) is 0. The first-order valence-corrected chi connectivity index (χ1v) is 14.1. The Balaban J connectivity index is 1.32. The Bertz CT molecular complexity index is 1210. The second kappa shape index (κ2) is 15.0. The summed E-state index contributed by atoms with van der Waals surface area (Å²) in [5.74, 6) is 0. The average Bonchev–Trinajstić information content (AvgIpc) is 3.00. The number of hydrogen-bond acceptors (Lipinski definition) is 6. The van der Waals surface area contributed by atoms with E-state index in [1.54, 1.807) is 0 Å². The molecule has 0 N–H and O–H groups in total. The van der Waals surface area contributed by atoms with E-state index in [9.17, 15) is 0 Å². The maximum atomic E-state index is 6.56. The normalized spacial score (nSPS) is 21.0. The molecule has 4 aromatic rings. The third-order valence-electron chi connectivity index (χ3n) is 6.45. The van der Waals surface area contributed by atoms with Gasteiger partial charge in [0.25, 0.3) is 0 Å². The summed E-state index contributed by atoms with van der Waals surface area (Å²) in [7, 11) is 0. The Morgan fingerprint density at radius 1 is 0.487 bits per heavy atom. The molecular formula is C33H34O5S. The molecule has 202 valence electrons. The molecule has 5 rings (SSSR count). The van der Waals surface area contributed by atoms with Gasteiger partial charge in [-0.25, -0.2) is 0 Å². The molecule has 4 aromatic carbocycles. The van der Waals surface area contributed by atoms with Crippen LogP contribution in [0.4, 0.5) is 0 Å².